The summed E-state index contributed by atoms with van der Waals surface area (Å²) < 4.78 is 11.9. The van der Waals surface area contributed by atoms with Crippen LogP contribution in [0.1, 0.15) is 0 Å². The molecule has 0 amide bonds. The molecule has 1 saturated heterocycles. The van der Waals surface area contributed by atoms with Crippen molar-refractivity contribution in [1.82, 2.24) is 4.90 Å². The molecule has 4 heteroatoms. The van der Waals surface area contributed by atoms with Gasteiger partial charge in [-0.3, -0.25) is 4.90 Å². The molecule has 4 rings (SSSR count). The molecule has 0 radical (unpaired) electrons. The first-order valence-electron chi connectivity index (χ1n) is 9.63. The van der Waals surface area contributed by atoms with Gasteiger partial charge in [0.2, 0.25) is 0 Å². The van der Waals surface area contributed by atoms with Gasteiger partial charge in [-0.2, -0.15) is 0 Å². The number of ether oxygens (including phenoxy) is 2. The third-order valence-electron chi connectivity index (χ3n) is 4.97. The van der Waals surface area contributed by atoms with Gasteiger partial charge in [-0.25, -0.2) is 0 Å². The molecule has 2 aromatic rings. The van der Waals surface area contributed by atoms with Crippen LogP contribution in [0, 0.1) is 0 Å². The molecule has 2 aliphatic heterocycles. The van der Waals surface area contributed by atoms with Crippen molar-refractivity contribution in [2.75, 3.05) is 44.2 Å². The highest BCUT2D eigenvalue weighted by Crippen LogP contribution is 2.31. The van der Waals surface area contributed by atoms with Gasteiger partial charge in [0.15, 0.2) is 11.5 Å². The molecule has 2 aliphatic rings. The minimum Gasteiger partial charge on any atom is -0.486 e. The summed E-state index contributed by atoms with van der Waals surface area (Å²) in [5.41, 5.74) is 1.26. The van der Waals surface area contributed by atoms with Crippen LogP contribution in [-0.4, -0.2) is 50.3 Å². The highest BCUT2D eigenvalue weighted by atomic mass is 16.6. The van der Waals surface area contributed by atoms with Gasteiger partial charge in [0.1, 0.15) is 12.7 Å². The maximum atomic E-state index is 6.11. The molecule has 1 unspecified atom stereocenters. The second-order valence-corrected chi connectivity index (χ2v) is 6.89. The summed E-state index contributed by atoms with van der Waals surface area (Å²) in [5.74, 6) is 1.71. The van der Waals surface area contributed by atoms with Gasteiger partial charge in [-0.15, -0.1) is 0 Å². The van der Waals surface area contributed by atoms with Crippen LogP contribution < -0.4 is 14.4 Å². The van der Waals surface area contributed by atoms with Crippen LogP contribution in [0.15, 0.2) is 78.9 Å². The van der Waals surface area contributed by atoms with E-state index in [1.54, 1.807) is 0 Å². The summed E-state index contributed by atoms with van der Waals surface area (Å²) in [4.78, 5) is 4.92. The zero-order chi connectivity index (χ0) is 18.3. The number of nitrogens with zero attached hydrogens (tertiary/aromatic N) is 2. The normalized spacial score (nSPS) is 19.3. The van der Waals surface area contributed by atoms with Crippen LogP contribution in [-0.2, 0) is 0 Å². The molecule has 0 bridgehead atoms. The lowest BCUT2D eigenvalue weighted by Gasteiger charge is -2.38. The first-order chi connectivity index (χ1) is 13.4. The molecule has 27 heavy (non-hydrogen) atoms. The van der Waals surface area contributed by atoms with Crippen molar-refractivity contribution < 1.29 is 9.47 Å². The van der Waals surface area contributed by atoms with E-state index in [2.05, 4.69) is 46.2 Å². The predicted octanol–water partition coefficient (Wildman–Crippen LogP) is 3.77. The maximum absolute atomic E-state index is 6.11. The summed E-state index contributed by atoms with van der Waals surface area (Å²) in [6.45, 7) is 5.64. The number of hydrogen-bond acceptors (Lipinski definition) is 4. The van der Waals surface area contributed by atoms with E-state index in [1.165, 1.54) is 5.69 Å². The molecular formula is C23H26N2O2. The molecule has 140 valence electrons. The van der Waals surface area contributed by atoms with E-state index in [0.717, 1.165) is 44.2 Å². The maximum Gasteiger partial charge on any atom is 0.161 e. The molecule has 2 aromatic carbocycles. The fraction of sp³-hybridized carbons (Fsp3) is 0.304. The van der Waals surface area contributed by atoms with E-state index in [4.69, 9.17) is 9.47 Å². The summed E-state index contributed by atoms with van der Waals surface area (Å²) in [6.07, 6.45) is 0.0964. The van der Waals surface area contributed by atoms with Gasteiger partial charge in [-0.1, -0.05) is 54.6 Å². The molecule has 0 spiro atoms. The molecule has 0 aliphatic carbocycles. The minimum atomic E-state index is 0.0964. The first-order valence-corrected chi connectivity index (χ1v) is 9.63. The second kappa shape index (κ2) is 8.78. The predicted molar refractivity (Wildman–Crippen MR) is 109 cm³/mol. The van der Waals surface area contributed by atoms with E-state index in [9.17, 15) is 0 Å². The molecule has 1 atom stereocenters. The van der Waals surface area contributed by atoms with Crippen LogP contribution >= 0.6 is 0 Å². The van der Waals surface area contributed by atoms with Crippen LogP contribution in [0.5, 0.6) is 11.5 Å². The molecule has 1 fully saturated rings. The van der Waals surface area contributed by atoms with Gasteiger partial charge in [0.25, 0.3) is 0 Å². The molecule has 4 nitrogen and oxygen atoms in total. The summed E-state index contributed by atoms with van der Waals surface area (Å²) in [6, 6.07) is 26.8. The lowest BCUT2D eigenvalue weighted by molar-refractivity contribution is 0.0571. The zero-order valence-electron chi connectivity index (χ0n) is 15.5. The Balaban J connectivity index is 1.33. The van der Waals surface area contributed by atoms with Gasteiger partial charge in [0.05, 0.1) is 0 Å². The van der Waals surface area contributed by atoms with Crippen molar-refractivity contribution in [1.29, 1.82) is 0 Å². The number of hydrogen-bond donors (Lipinski definition) is 0. The molecule has 0 N–H and O–H groups in total. The van der Waals surface area contributed by atoms with Gasteiger partial charge in [0, 0.05) is 38.4 Å². The van der Waals surface area contributed by atoms with Crippen LogP contribution in [0.3, 0.4) is 0 Å². The monoisotopic (exact) mass is 362 g/mol. The average molecular weight is 362 g/mol. The molecule has 0 saturated carbocycles. The van der Waals surface area contributed by atoms with E-state index in [0.29, 0.717) is 6.61 Å². The van der Waals surface area contributed by atoms with Crippen molar-refractivity contribution in [2.24, 2.45) is 0 Å². The van der Waals surface area contributed by atoms with E-state index in [-0.39, 0.29) is 6.10 Å². The second-order valence-electron chi connectivity index (χ2n) is 6.89. The number of para-hydroxylation sites is 2. The van der Waals surface area contributed by atoms with Gasteiger partial charge in [-0.05, 0) is 24.3 Å². The third-order valence-corrected chi connectivity index (χ3v) is 4.97. The number of benzene rings is 1. The van der Waals surface area contributed by atoms with Gasteiger partial charge >= 0.3 is 0 Å². The Hall–Kier alpha value is -2.72. The molecular weight excluding hydrogens is 336 g/mol. The van der Waals surface area contributed by atoms with Crippen molar-refractivity contribution in [3.05, 3.63) is 78.9 Å². The Morgan fingerprint density at radius 3 is 2.00 bits per heavy atom. The Kier molecular flexibility index (Phi) is 5.75. The SMILES string of the molecule is c1ccccc(N2CCN(CC3COc4ccccc4O3)CC2)cccc1. The van der Waals surface area contributed by atoms with E-state index >= 15 is 0 Å². The Bertz CT molecular complexity index is 777. The topological polar surface area (TPSA) is 24.9 Å². The van der Waals surface area contributed by atoms with Crippen molar-refractivity contribution in [3.63, 3.8) is 0 Å². The van der Waals surface area contributed by atoms with Crippen LogP contribution in [0.2, 0.25) is 0 Å². The lowest BCUT2D eigenvalue weighted by Crippen LogP contribution is -2.50. The Morgan fingerprint density at radius 1 is 0.704 bits per heavy atom. The van der Waals surface area contributed by atoms with Gasteiger partial charge < -0.3 is 14.4 Å². The summed E-state index contributed by atoms with van der Waals surface area (Å²) in [7, 11) is 0. The van der Waals surface area contributed by atoms with E-state index in [1.807, 2.05) is 42.5 Å². The Labute approximate surface area is 161 Å². The summed E-state index contributed by atoms with van der Waals surface area (Å²) >= 11 is 0. The number of fused-ring (bicyclic) bond motifs is 1. The minimum absolute atomic E-state index is 0.0964. The standard InChI is InChI=1S/C23H26N2O2/c1-2-4-6-10-20(11-7-5-3-1)25-16-14-24(15-17-25)18-21-19-26-22-12-8-9-13-23(22)27-21/h1-13,21H,14-19H2. The number of anilines is 1. The quantitative estimate of drug-likeness (QED) is 0.830. The van der Waals surface area contributed by atoms with Crippen molar-refractivity contribution in [2.45, 2.75) is 6.10 Å². The number of rotatable bonds is 3. The van der Waals surface area contributed by atoms with E-state index < -0.39 is 0 Å². The molecule has 0 aromatic heterocycles. The van der Waals surface area contributed by atoms with Crippen LogP contribution in [0.25, 0.3) is 0 Å². The van der Waals surface area contributed by atoms with Crippen molar-refractivity contribution >= 4 is 5.69 Å². The largest absolute Gasteiger partial charge is 0.486 e. The molecule has 2 heterocycles. The highest BCUT2D eigenvalue weighted by molar-refractivity contribution is 5.45. The van der Waals surface area contributed by atoms with Crippen molar-refractivity contribution in [3.8, 4) is 11.5 Å². The average Bonchev–Trinajstić information content (AvgIpc) is 2.72. The Morgan fingerprint density at radius 2 is 1.30 bits per heavy atom. The first kappa shape index (κ1) is 17.7. The fourth-order valence-electron chi connectivity index (χ4n) is 3.53. The smallest absolute Gasteiger partial charge is 0.161 e. The number of piperazine rings is 1. The summed E-state index contributed by atoms with van der Waals surface area (Å²) in [5, 5.41) is 0. The van der Waals surface area contributed by atoms with Crippen LogP contribution in [0.4, 0.5) is 5.69 Å². The lowest BCUT2D eigenvalue weighted by atomic mass is 10.2. The highest BCUT2D eigenvalue weighted by Gasteiger charge is 2.25. The zero-order valence-corrected chi connectivity index (χ0v) is 15.5. The third kappa shape index (κ3) is 4.72. The fourth-order valence-corrected chi connectivity index (χ4v) is 3.53.